The van der Waals surface area contributed by atoms with Crippen LogP contribution in [0.3, 0.4) is 0 Å². The zero-order valence-electron chi connectivity index (χ0n) is 2.52. The molecule has 0 atom stereocenters. The number of allylic oxidation sites excluding steroid dienone is 1. The minimum Gasteiger partial charge on any atom is -0.472 e. The molecule has 4 heavy (non-hydrogen) atoms. The van der Waals surface area contributed by atoms with Gasteiger partial charge in [0.25, 0.3) is 6.58 Å². The van der Waals surface area contributed by atoms with Gasteiger partial charge in [0.15, 0.2) is 0 Å². The normalized spacial score (nSPS) is 6.00. The molecule has 0 radical (unpaired) electrons. The first-order valence-corrected chi connectivity index (χ1v) is 1.01. The van der Waals surface area contributed by atoms with E-state index in [4.69, 9.17) is 5.11 Å². The average Bonchev–Trinajstić information content (AvgIpc) is 0.811. The molecular weight excluding hydrogens is 52.0 g/mol. The number of aliphatic hydroxyl groups excluding tert-OH is 1. The van der Waals surface area contributed by atoms with Crippen LogP contribution >= 0.6 is 0 Å². The molecule has 0 aliphatic carbocycles. The van der Waals surface area contributed by atoms with E-state index in [1.807, 2.05) is 0 Å². The van der Waals surface area contributed by atoms with E-state index < -0.39 is 0 Å². The van der Waals surface area contributed by atoms with E-state index in [1.54, 1.807) is 0 Å². The van der Waals surface area contributed by atoms with Gasteiger partial charge in [-0.3, -0.25) is 0 Å². The summed E-state index contributed by atoms with van der Waals surface area (Å²) >= 11 is 0. The van der Waals surface area contributed by atoms with Gasteiger partial charge in [0.05, 0.1) is 0 Å². The maximum absolute atomic E-state index is 7.75. The van der Waals surface area contributed by atoms with Gasteiger partial charge in [0.2, 0.25) is 0 Å². The molecule has 0 fully saturated rings. The van der Waals surface area contributed by atoms with Crippen molar-refractivity contribution in [2.45, 2.75) is 6.92 Å². The Morgan fingerprint density at radius 1 is 2.00 bits per heavy atom. The maximum Gasteiger partial charge on any atom is 0.331 e. The Morgan fingerprint density at radius 2 is 2.00 bits per heavy atom. The minimum absolute atomic E-state index is 0.0833. The van der Waals surface area contributed by atoms with Crippen molar-refractivity contribution in [2.75, 3.05) is 0 Å². The summed E-state index contributed by atoms with van der Waals surface area (Å²) in [5.74, 6) is -0.0833. The van der Waals surface area contributed by atoms with Gasteiger partial charge in [-0.15, -0.1) is 0 Å². The van der Waals surface area contributed by atoms with Crippen LogP contribution in [0.25, 0.3) is 0 Å². The molecule has 0 aromatic rings. The Hall–Kier alpha value is -0.550. The van der Waals surface area contributed by atoms with Gasteiger partial charge < -0.3 is 5.11 Å². The van der Waals surface area contributed by atoms with Crippen LogP contribution in [0.5, 0.6) is 0 Å². The molecule has 0 saturated carbocycles. The highest BCUT2D eigenvalue weighted by molar-refractivity contribution is 4.62. The van der Waals surface area contributed by atoms with Crippen molar-refractivity contribution >= 4 is 0 Å². The molecular formula is C3H5O+. The first kappa shape index (κ1) is 3.45. The molecule has 0 aromatic heterocycles. The van der Waals surface area contributed by atoms with Crippen LogP contribution in [0.15, 0.2) is 5.76 Å². The van der Waals surface area contributed by atoms with Crippen molar-refractivity contribution in [3.05, 3.63) is 12.3 Å². The van der Waals surface area contributed by atoms with Crippen LogP contribution in [0.2, 0.25) is 0 Å². The van der Waals surface area contributed by atoms with Crippen molar-refractivity contribution in [1.29, 1.82) is 0 Å². The van der Waals surface area contributed by atoms with Gasteiger partial charge in [0.1, 0.15) is 0 Å². The standard InChI is InChI=1S/C3H4O/c1-3(2)4/h1H,2H3/p+1. The second kappa shape index (κ2) is 0.858. The van der Waals surface area contributed by atoms with Gasteiger partial charge >= 0.3 is 5.76 Å². The monoisotopic (exact) mass is 57.0 g/mol. The highest BCUT2D eigenvalue weighted by Crippen LogP contribution is 1.65. The summed E-state index contributed by atoms with van der Waals surface area (Å²) < 4.78 is 0. The van der Waals surface area contributed by atoms with Crippen molar-refractivity contribution in [3.8, 4) is 0 Å². The number of hydrogen-bond donors (Lipinski definition) is 1. The van der Waals surface area contributed by atoms with E-state index in [-0.39, 0.29) is 5.76 Å². The SMILES string of the molecule is [CH+]=C(C)O. The lowest BCUT2D eigenvalue weighted by atomic mass is 10.7. The summed E-state index contributed by atoms with van der Waals surface area (Å²) in [6.07, 6.45) is 0. The molecule has 0 aromatic carbocycles. The molecule has 0 unspecified atom stereocenters. The van der Waals surface area contributed by atoms with Crippen LogP contribution in [-0.4, -0.2) is 5.11 Å². The van der Waals surface area contributed by atoms with Crippen LogP contribution in [0.4, 0.5) is 0 Å². The smallest absolute Gasteiger partial charge is 0.331 e. The van der Waals surface area contributed by atoms with Crippen LogP contribution in [0.1, 0.15) is 6.92 Å². The molecule has 0 saturated heterocycles. The predicted octanol–water partition coefficient (Wildman–Crippen LogP) is 0.881. The summed E-state index contributed by atoms with van der Waals surface area (Å²) in [5, 5.41) is 7.75. The quantitative estimate of drug-likeness (QED) is 0.323. The fourth-order valence-corrected chi connectivity index (χ4v) is 0. The summed E-state index contributed by atoms with van der Waals surface area (Å²) in [6.45, 7) is 6.00. The Bertz CT molecular complexity index is 26.3. The van der Waals surface area contributed by atoms with Crippen LogP contribution in [-0.2, 0) is 0 Å². The third kappa shape index (κ3) is 0.971. The van der Waals surface area contributed by atoms with Gasteiger partial charge in [-0.1, -0.05) is 0 Å². The van der Waals surface area contributed by atoms with E-state index in [9.17, 15) is 0 Å². The minimum atomic E-state index is -0.0833. The fourth-order valence-electron chi connectivity index (χ4n) is 0. The molecule has 1 heteroatoms. The summed E-state index contributed by atoms with van der Waals surface area (Å²) in [6, 6.07) is 0. The van der Waals surface area contributed by atoms with Gasteiger partial charge in [-0.25, -0.2) is 0 Å². The molecule has 0 heterocycles. The number of rotatable bonds is 0. The van der Waals surface area contributed by atoms with E-state index in [0.717, 1.165) is 0 Å². The van der Waals surface area contributed by atoms with Gasteiger partial charge in [-0.05, 0) is 0 Å². The Morgan fingerprint density at radius 3 is 2.00 bits per heavy atom. The predicted molar refractivity (Wildman–Crippen MR) is 16.1 cm³/mol. The molecule has 22 valence electrons. The van der Waals surface area contributed by atoms with Crippen molar-refractivity contribution in [2.24, 2.45) is 0 Å². The molecule has 0 spiro atoms. The molecule has 0 aliphatic heterocycles. The third-order valence-corrected chi connectivity index (χ3v) is 0. The van der Waals surface area contributed by atoms with Crippen molar-refractivity contribution in [3.63, 3.8) is 0 Å². The Balaban J connectivity index is 2.80. The zero-order chi connectivity index (χ0) is 3.58. The van der Waals surface area contributed by atoms with Crippen molar-refractivity contribution in [1.82, 2.24) is 0 Å². The summed E-state index contributed by atoms with van der Waals surface area (Å²) in [7, 11) is 0. The first-order valence-electron chi connectivity index (χ1n) is 1.01. The second-order valence-corrected chi connectivity index (χ2v) is 0.641. The largest absolute Gasteiger partial charge is 0.472 e. The lowest BCUT2D eigenvalue weighted by molar-refractivity contribution is 0.415. The molecule has 0 rings (SSSR count). The number of hydrogen-bond acceptors (Lipinski definition) is 1. The highest BCUT2D eigenvalue weighted by Gasteiger charge is 1.72. The van der Waals surface area contributed by atoms with Gasteiger partial charge in [-0.2, -0.15) is 0 Å². The second-order valence-electron chi connectivity index (χ2n) is 0.641. The highest BCUT2D eigenvalue weighted by atomic mass is 16.3. The van der Waals surface area contributed by atoms with E-state index >= 15 is 0 Å². The van der Waals surface area contributed by atoms with Gasteiger partial charge in [0, 0.05) is 6.92 Å². The molecule has 0 aliphatic rings. The van der Waals surface area contributed by atoms with E-state index in [0.29, 0.717) is 0 Å². The molecule has 1 nitrogen and oxygen atoms in total. The summed E-state index contributed by atoms with van der Waals surface area (Å²) in [4.78, 5) is 0. The first-order chi connectivity index (χ1) is 1.73. The van der Waals surface area contributed by atoms with Crippen LogP contribution < -0.4 is 0 Å². The Labute approximate surface area is 25.6 Å². The fraction of sp³-hybridized carbons (Fsp3) is 0.333. The third-order valence-electron chi connectivity index (χ3n) is 0. The lowest BCUT2D eigenvalue weighted by Crippen LogP contribution is -1.54. The molecule has 0 bridgehead atoms. The topological polar surface area (TPSA) is 20.2 Å². The number of aliphatic hydroxyl groups is 1. The van der Waals surface area contributed by atoms with Crippen LogP contribution in [0, 0.1) is 6.58 Å². The maximum atomic E-state index is 7.75. The average molecular weight is 57.1 g/mol. The summed E-state index contributed by atoms with van der Waals surface area (Å²) in [5.41, 5.74) is 0. The zero-order valence-corrected chi connectivity index (χ0v) is 2.52. The Kier molecular flexibility index (Phi) is 0.740. The lowest BCUT2D eigenvalue weighted by Gasteiger charge is -1.53. The molecule has 1 N–H and O–H groups in total. The molecule has 0 amide bonds. The van der Waals surface area contributed by atoms with Crippen molar-refractivity contribution < 1.29 is 5.11 Å². The van der Waals surface area contributed by atoms with E-state index in [2.05, 4.69) is 6.58 Å². The van der Waals surface area contributed by atoms with E-state index in [1.165, 1.54) is 6.92 Å².